The molecule has 0 atom stereocenters. The van der Waals surface area contributed by atoms with Gasteiger partial charge in [-0.15, -0.1) is 0 Å². The molecule has 1 heterocycles. The average molecular weight is 258 g/mol. The summed E-state index contributed by atoms with van der Waals surface area (Å²) in [7, 11) is -3.47. The molecular weight excluding hydrogens is 240 g/mol. The number of furan rings is 1. The number of hydrogen-bond donors (Lipinski definition) is 2. The fourth-order valence-electron chi connectivity index (χ4n) is 1.65. The van der Waals surface area contributed by atoms with Crippen LogP contribution >= 0.6 is 0 Å². The van der Waals surface area contributed by atoms with Gasteiger partial charge in [-0.1, -0.05) is 13.3 Å². The summed E-state index contributed by atoms with van der Waals surface area (Å²) in [5.74, 6) is 0.640. The summed E-state index contributed by atoms with van der Waals surface area (Å²) in [6.07, 6.45) is 2.94. The first kappa shape index (κ1) is 12.6. The van der Waals surface area contributed by atoms with Crippen molar-refractivity contribution in [1.82, 2.24) is 10.0 Å². The molecule has 0 aliphatic heterocycles. The van der Waals surface area contributed by atoms with E-state index >= 15 is 0 Å². The first-order chi connectivity index (χ1) is 8.12. The molecule has 1 aliphatic carbocycles. The summed E-state index contributed by atoms with van der Waals surface area (Å²) >= 11 is 0. The summed E-state index contributed by atoms with van der Waals surface area (Å²) < 4.78 is 31.7. The van der Waals surface area contributed by atoms with E-state index in [9.17, 15) is 8.42 Å². The highest BCUT2D eigenvalue weighted by atomic mass is 32.2. The molecular formula is C11H18N2O3S. The molecule has 2 rings (SSSR count). The SMILES string of the molecule is CCNCc1ccc(S(=O)(=O)NC2CCC2)o1. The molecule has 5 nitrogen and oxygen atoms in total. The van der Waals surface area contributed by atoms with Crippen molar-refractivity contribution in [3.05, 3.63) is 17.9 Å². The first-order valence-electron chi connectivity index (χ1n) is 5.93. The maximum Gasteiger partial charge on any atom is 0.274 e. The van der Waals surface area contributed by atoms with E-state index in [1.54, 1.807) is 6.07 Å². The maximum absolute atomic E-state index is 11.9. The lowest BCUT2D eigenvalue weighted by Gasteiger charge is -2.25. The van der Waals surface area contributed by atoms with Gasteiger partial charge in [-0.3, -0.25) is 0 Å². The minimum atomic E-state index is -3.47. The van der Waals surface area contributed by atoms with Gasteiger partial charge in [0.1, 0.15) is 5.76 Å². The molecule has 17 heavy (non-hydrogen) atoms. The predicted octanol–water partition coefficient (Wildman–Crippen LogP) is 1.22. The van der Waals surface area contributed by atoms with Crippen LogP contribution in [0.3, 0.4) is 0 Å². The quantitative estimate of drug-likeness (QED) is 0.805. The number of rotatable bonds is 6. The maximum atomic E-state index is 11.9. The van der Waals surface area contributed by atoms with Crippen LogP contribution < -0.4 is 10.0 Å². The average Bonchev–Trinajstić information content (AvgIpc) is 2.70. The van der Waals surface area contributed by atoms with E-state index in [2.05, 4.69) is 10.0 Å². The van der Waals surface area contributed by atoms with Crippen LogP contribution in [0.2, 0.25) is 0 Å². The molecule has 0 unspecified atom stereocenters. The molecule has 1 saturated carbocycles. The Kier molecular flexibility index (Phi) is 3.86. The van der Waals surface area contributed by atoms with Crippen LogP contribution in [-0.4, -0.2) is 21.0 Å². The molecule has 1 aliphatic rings. The number of nitrogens with one attached hydrogen (secondary N) is 2. The Balaban J connectivity index is 2.02. The normalized spacial score (nSPS) is 17.0. The van der Waals surface area contributed by atoms with Crippen LogP contribution in [0, 0.1) is 0 Å². The van der Waals surface area contributed by atoms with Gasteiger partial charge in [0.2, 0.25) is 5.09 Å². The highest BCUT2D eigenvalue weighted by Gasteiger charge is 2.26. The van der Waals surface area contributed by atoms with Gasteiger partial charge in [0, 0.05) is 6.04 Å². The summed E-state index contributed by atoms with van der Waals surface area (Å²) in [4.78, 5) is 0. The van der Waals surface area contributed by atoms with Gasteiger partial charge >= 0.3 is 0 Å². The summed E-state index contributed by atoms with van der Waals surface area (Å²) in [5, 5.41) is 3.09. The fourth-order valence-corrected chi connectivity index (χ4v) is 2.90. The van der Waals surface area contributed by atoms with Gasteiger partial charge in [-0.25, -0.2) is 13.1 Å². The zero-order chi connectivity index (χ0) is 12.3. The Morgan fingerprint density at radius 1 is 1.41 bits per heavy atom. The van der Waals surface area contributed by atoms with Crippen molar-refractivity contribution in [2.24, 2.45) is 0 Å². The van der Waals surface area contributed by atoms with Crippen molar-refractivity contribution in [2.45, 2.75) is 43.9 Å². The predicted molar refractivity (Wildman–Crippen MR) is 64.0 cm³/mol. The fraction of sp³-hybridized carbons (Fsp3) is 0.636. The molecule has 1 aromatic heterocycles. The van der Waals surface area contributed by atoms with E-state index in [0.717, 1.165) is 25.8 Å². The molecule has 6 heteroatoms. The second kappa shape index (κ2) is 5.20. The molecule has 0 bridgehead atoms. The summed E-state index contributed by atoms with van der Waals surface area (Å²) in [6, 6.07) is 3.29. The molecule has 0 spiro atoms. The van der Waals surface area contributed by atoms with Crippen LogP contribution in [-0.2, 0) is 16.6 Å². The Labute approximate surface area is 102 Å². The van der Waals surface area contributed by atoms with E-state index in [4.69, 9.17) is 4.42 Å². The molecule has 0 aromatic carbocycles. The van der Waals surface area contributed by atoms with E-state index < -0.39 is 10.0 Å². The van der Waals surface area contributed by atoms with Crippen LogP contribution in [0.1, 0.15) is 31.9 Å². The number of hydrogen-bond acceptors (Lipinski definition) is 4. The molecule has 2 N–H and O–H groups in total. The minimum Gasteiger partial charge on any atom is -0.447 e. The minimum absolute atomic E-state index is 0.0114. The second-order valence-electron chi connectivity index (χ2n) is 4.25. The van der Waals surface area contributed by atoms with E-state index in [-0.39, 0.29) is 11.1 Å². The Morgan fingerprint density at radius 3 is 2.76 bits per heavy atom. The van der Waals surface area contributed by atoms with Gasteiger partial charge in [0.15, 0.2) is 0 Å². The van der Waals surface area contributed by atoms with Crippen molar-refractivity contribution >= 4 is 10.0 Å². The lowest BCUT2D eigenvalue weighted by atomic mass is 9.94. The molecule has 1 fully saturated rings. The monoisotopic (exact) mass is 258 g/mol. The Hall–Kier alpha value is -0.850. The van der Waals surface area contributed by atoms with Gasteiger partial charge in [-0.05, 0) is 31.5 Å². The van der Waals surface area contributed by atoms with Crippen molar-refractivity contribution in [3.8, 4) is 0 Å². The van der Waals surface area contributed by atoms with Gasteiger partial charge < -0.3 is 9.73 Å². The second-order valence-corrected chi connectivity index (χ2v) is 5.90. The summed E-state index contributed by atoms with van der Waals surface area (Å²) in [6.45, 7) is 3.36. The van der Waals surface area contributed by atoms with Crippen molar-refractivity contribution in [3.63, 3.8) is 0 Å². The lowest BCUT2D eigenvalue weighted by molar-refractivity contribution is 0.367. The zero-order valence-electron chi connectivity index (χ0n) is 9.90. The van der Waals surface area contributed by atoms with Crippen LogP contribution in [0.25, 0.3) is 0 Å². The molecule has 96 valence electrons. The zero-order valence-corrected chi connectivity index (χ0v) is 10.7. The third-order valence-electron chi connectivity index (χ3n) is 2.88. The van der Waals surface area contributed by atoms with E-state index in [1.807, 2.05) is 6.92 Å². The topological polar surface area (TPSA) is 71.3 Å². The smallest absolute Gasteiger partial charge is 0.274 e. The molecule has 0 radical (unpaired) electrons. The van der Waals surface area contributed by atoms with Crippen LogP contribution in [0.4, 0.5) is 0 Å². The third-order valence-corrected chi connectivity index (χ3v) is 4.27. The Morgan fingerprint density at radius 2 is 2.18 bits per heavy atom. The lowest BCUT2D eigenvalue weighted by Crippen LogP contribution is -2.39. The first-order valence-corrected chi connectivity index (χ1v) is 7.42. The summed E-state index contributed by atoms with van der Waals surface area (Å²) in [5.41, 5.74) is 0. The molecule has 0 saturated heterocycles. The van der Waals surface area contributed by atoms with Crippen molar-refractivity contribution in [2.75, 3.05) is 6.54 Å². The highest BCUT2D eigenvalue weighted by Crippen LogP contribution is 2.21. The van der Waals surface area contributed by atoms with E-state index in [1.165, 1.54) is 6.07 Å². The number of sulfonamides is 1. The third kappa shape index (κ3) is 3.08. The molecule has 0 amide bonds. The van der Waals surface area contributed by atoms with Crippen molar-refractivity contribution < 1.29 is 12.8 Å². The van der Waals surface area contributed by atoms with Crippen LogP contribution in [0.5, 0.6) is 0 Å². The van der Waals surface area contributed by atoms with Crippen molar-refractivity contribution in [1.29, 1.82) is 0 Å². The Bertz CT molecular complexity index is 463. The van der Waals surface area contributed by atoms with Gasteiger partial charge in [0.05, 0.1) is 6.54 Å². The largest absolute Gasteiger partial charge is 0.447 e. The molecule has 1 aromatic rings. The van der Waals surface area contributed by atoms with Gasteiger partial charge in [0.25, 0.3) is 10.0 Å². The van der Waals surface area contributed by atoms with Crippen LogP contribution in [0.15, 0.2) is 21.6 Å². The van der Waals surface area contributed by atoms with E-state index in [0.29, 0.717) is 12.3 Å². The standard InChI is InChI=1S/C11H18N2O3S/c1-2-12-8-10-6-7-11(16-10)17(14,15)13-9-4-3-5-9/h6-7,9,12-13H,2-5,8H2,1H3. The highest BCUT2D eigenvalue weighted by molar-refractivity contribution is 7.89. The van der Waals surface area contributed by atoms with Gasteiger partial charge in [-0.2, -0.15) is 0 Å².